The molecule has 0 rings (SSSR count). The number of rotatable bonds is 8. The van der Waals surface area contributed by atoms with E-state index in [1.165, 1.54) is 32.1 Å². The van der Waals surface area contributed by atoms with Gasteiger partial charge in [0.15, 0.2) is 0 Å². The van der Waals surface area contributed by atoms with Crippen LogP contribution in [0.4, 0.5) is 0 Å². The molecule has 0 aliphatic rings. The van der Waals surface area contributed by atoms with Crippen LogP contribution in [0, 0.1) is 0 Å². The molecule has 0 aromatic rings. The minimum absolute atomic E-state index is 0.230. The number of hydrogen-bond acceptors (Lipinski definition) is 2. The van der Waals surface area contributed by atoms with Crippen LogP contribution in [0.2, 0.25) is 0 Å². The lowest BCUT2D eigenvalue weighted by Gasteiger charge is -2.01. The van der Waals surface area contributed by atoms with Crippen molar-refractivity contribution in [3.05, 3.63) is 0 Å². The molecule has 3 nitrogen and oxygen atoms in total. The highest BCUT2D eigenvalue weighted by Gasteiger charge is 1.90. The first-order chi connectivity index (χ1) is 7.50. The van der Waals surface area contributed by atoms with E-state index in [0.717, 1.165) is 12.8 Å². The molecular weight excluding hydrogens is 202 g/mol. The molecule has 0 radical (unpaired) electrons. The first-order valence-electron chi connectivity index (χ1n) is 6.53. The van der Waals surface area contributed by atoms with E-state index in [1.54, 1.807) is 0 Å². The summed E-state index contributed by atoms with van der Waals surface area (Å²) in [6, 6.07) is 0.583. The minimum Gasteiger partial charge on any atom is -0.550 e. The van der Waals surface area contributed by atoms with Crippen LogP contribution >= 0.6 is 0 Å². The summed E-state index contributed by atoms with van der Waals surface area (Å²) in [6.45, 7) is 6.30. The number of unbranched alkanes of at least 4 members (excludes halogenated alkanes) is 6. The topological polar surface area (TPSA) is 67.8 Å². The van der Waals surface area contributed by atoms with Crippen molar-refractivity contribution in [2.45, 2.75) is 78.2 Å². The number of aliphatic carboxylic acids is 1. The fourth-order valence-electron chi connectivity index (χ4n) is 1.23. The number of carbonyl (C=O) groups excluding carboxylic acids is 1. The molecule has 16 heavy (non-hydrogen) atoms. The Morgan fingerprint density at radius 3 is 1.81 bits per heavy atom. The third-order valence-corrected chi connectivity index (χ3v) is 1.98. The summed E-state index contributed by atoms with van der Waals surface area (Å²) in [4.78, 5) is 10.0. The van der Waals surface area contributed by atoms with E-state index in [-0.39, 0.29) is 6.42 Å². The highest BCUT2D eigenvalue weighted by atomic mass is 16.4. The maximum Gasteiger partial charge on any atom is 0.0786 e. The number of carbonyl (C=O) groups is 1. The average Bonchev–Trinajstić information content (AvgIpc) is 2.15. The van der Waals surface area contributed by atoms with Crippen LogP contribution < -0.4 is 10.8 Å². The molecular formula is C13H29NO2. The summed E-state index contributed by atoms with van der Waals surface area (Å²) in [5, 5.41) is 10.0. The van der Waals surface area contributed by atoms with Gasteiger partial charge in [-0.05, 0) is 26.7 Å². The lowest BCUT2D eigenvalue weighted by atomic mass is 10.1. The predicted molar refractivity (Wildman–Crippen MR) is 65.6 cm³/mol. The third kappa shape index (κ3) is 29.2. The summed E-state index contributed by atoms with van der Waals surface area (Å²) in [7, 11) is 0. The van der Waals surface area contributed by atoms with Crippen molar-refractivity contribution >= 4 is 5.97 Å². The van der Waals surface area contributed by atoms with Gasteiger partial charge in [0, 0.05) is 5.97 Å². The molecule has 0 saturated carbocycles. The average molecular weight is 231 g/mol. The van der Waals surface area contributed by atoms with Gasteiger partial charge in [0.1, 0.15) is 0 Å². The zero-order valence-corrected chi connectivity index (χ0v) is 11.3. The Morgan fingerprint density at radius 1 is 1.06 bits per heavy atom. The molecule has 0 spiro atoms. The lowest BCUT2D eigenvalue weighted by Crippen LogP contribution is -2.57. The van der Waals surface area contributed by atoms with Gasteiger partial charge in [-0.2, -0.15) is 0 Å². The Kier molecular flexibility index (Phi) is 16.1. The van der Waals surface area contributed by atoms with Gasteiger partial charge >= 0.3 is 0 Å². The van der Waals surface area contributed by atoms with E-state index in [9.17, 15) is 9.90 Å². The molecule has 3 heteroatoms. The van der Waals surface area contributed by atoms with Crippen molar-refractivity contribution < 1.29 is 15.6 Å². The molecule has 0 amide bonds. The number of hydrogen-bond donors (Lipinski definition) is 1. The van der Waals surface area contributed by atoms with Gasteiger partial charge in [-0.25, -0.2) is 0 Å². The first kappa shape index (κ1) is 17.8. The molecule has 0 saturated heterocycles. The van der Waals surface area contributed by atoms with Gasteiger partial charge in [0.2, 0.25) is 0 Å². The van der Waals surface area contributed by atoms with Crippen molar-refractivity contribution in [1.82, 2.24) is 0 Å². The number of quaternary nitrogens is 1. The maximum atomic E-state index is 10.0. The van der Waals surface area contributed by atoms with Crippen LogP contribution in [0.5, 0.6) is 0 Å². The van der Waals surface area contributed by atoms with Gasteiger partial charge in [-0.15, -0.1) is 0 Å². The molecule has 0 bridgehead atoms. The van der Waals surface area contributed by atoms with Crippen LogP contribution in [-0.2, 0) is 4.79 Å². The Hall–Kier alpha value is -0.570. The zero-order valence-electron chi connectivity index (χ0n) is 11.3. The quantitative estimate of drug-likeness (QED) is 0.643. The number of carboxylic acids is 1. The summed E-state index contributed by atoms with van der Waals surface area (Å²) in [5.74, 6) is -0.913. The zero-order chi connectivity index (χ0) is 12.8. The first-order valence-corrected chi connectivity index (χ1v) is 6.53. The Balaban J connectivity index is 0. The normalized spacial score (nSPS) is 9.81. The highest BCUT2D eigenvalue weighted by Crippen LogP contribution is 2.07. The molecule has 0 unspecified atom stereocenters. The maximum absolute atomic E-state index is 10.0. The third-order valence-electron chi connectivity index (χ3n) is 1.98. The van der Waals surface area contributed by atoms with Crippen molar-refractivity contribution in [2.75, 3.05) is 0 Å². The molecule has 98 valence electrons. The van der Waals surface area contributed by atoms with Gasteiger partial charge in [-0.1, -0.05) is 45.4 Å². The fraction of sp³-hybridized carbons (Fsp3) is 0.923. The van der Waals surface area contributed by atoms with Gasteiger partial charge in [0.25, 0.3) is 0 Å². The summed E-state index contributed by atoms with van der Waals surface area (Å²) in [5.41, 5.74) is 3.64. The van der Waals surface area contributed by atoms with E-state index in [0.29, 0.717) is 6.04 Å². The summed E-state index contributed by atoms with van der Waals surface area (Å²) >= 11 is 0. The van der Waals surface area contributed by atoms with Crippen molar-refractivity contribution in [1.29, 1.82) is 0 Å². The SMILES string of the molecule is CC(C)[NH3+].CCCCCCCCCC(=O)[O-]. The second-order valence-electron chi connectivity index (χ2n) is 4.64. The molecule has 0 fully saturated rings. The van der Waals surface area contributed by atoms with Gasteiger partial charge in [0.05, 0.1) is 6.04 Å². The van der Waals surface area contributed by atoms with Crippen LogP contribution in [0.1, 0.15) is 72.1 Å². The van der Waals surface area contributed by atoms with Crippen LogP contribution in [0.25, 0.3) is 0 Å². The Bertz CT molecular complexity index is 144. The largest absolute Gasteiger partial charge is 0.550 e. The molecule has 0 aromatic heterocycles. The van der Waals surface area contributed by atoms with E-state index in [1.807, 2.05) is 0 Å². The van der Waals surface area contributed by atoms with E-state index in [4.69, 9.17) is 0 Å². The Labute approximate surface area is 100 Å². The molecule has 3 N–H and O–H groups in total. The van der Waals surface area contributed by atoms with Gasteiger partial charge in [-0.3, -0.25) is 0 Å². The molecule has 0 aliphatic carbocycles. The molecule has 0 heterocycles. The highest BCUT2D eigenvalue weighted by molar-refractivity contribution is 5.63. The second kappa shape index (κ2) is 14.4. The fourth-order valence-corrected chi connectivity index (χ4v) is 1.23. The minimum atomic E-state index is -0.913. The lowest BCUT2D eigenvalue weighted by molar-refractivity contribution is -0.407. The molecule has 0 aliphatic heterocycles. The molecule has 0 aromatic carbocycles. The van der Waals surface area contributed by atoms with Crippen LogP contribution in [0.3, 0.4) is 0 Å². The van der Waals surface area contributed by atoms with Crippen molar-refractivity contribution in [2.24, 2.45) is 0 Å². The smallest absolute Gasteiger partial charge is 0.0786 e. The van der Waals surface area contributed by atoms with Crippen molar-refractivity contribution in [3.63, 3.8) is 0 Å². The van der Waals surface area contributed by atoms with Crippen molar-refractivity contribution in [3.8, 4) is 0 Å². The predicted octanol–water partition coefficient (Wildman–Crippen LogP) is 1.51. The number of carboxylic acid groups (broad SMARTS) is 1. The summed E-state index contributed by atoms with van der Waals surface area (Å²) in [6.07, 6.45) is 8.34. The molecule has 0 atom stereocenters. The Morgan fingerprint density at radius 2 is 1.44 bits per heavy atom. The van der Waals surface area contributed by atoms with Crippen LogP contribution in [0.15, 0.2) is 0 Å². The van der Waals surface area contributed by atoms with Crippen LogP contribution in [-0.4, -0.2) is 12.0 Å². The van der Waals surface area contributed by atoms with Gasteiger partial charge < -0.3 is 15.6 Å². The van der Waals surface area contributed by atoms with E-state index >= 15 is 0 Å². The summed E-state index contributed by atoms with van der Waals surface area (Å²) < 4.78 is 0. The standard InChI is InChI=1S/C10H20O2.C3H9N/c1-2-3-4-5-6-7-8-9-10(11)12;1-3(2)4/h2-9H2,1H3,(H,11,12);3H,4H2,1-2H3. The monoisotopic (exact) mass is 231 g/mol. The van der Waals surface area contributed by atoms with E-state index in [2.05, 4.69) is 26.5 Å². The second-order valence-corrected chi connectivity index (χ2v) is 4.64. The van der Waals surface area contributed by atoms with E-state index < -0.39 is 5.97 Å².